The van der Waals surface area contributed by atoms with E-state index in [-0.39, 0.29) is 12.5 Å². The van der Waals surface area contributed by atoms with Crippen LogP contribution in [0.5, 0.6) is 0 Å². The van der Waals surface area contributed by atoms with Crippen LogP contribution < -0.4 is 11.5 Å². The van der Waals surface area contributed by atoms with Crippen molar-refractivity contribution >= 4 is 11.8 Å². The van der Waals surface area contributed by atoms with E-state index in [0.717, 1.165) is 6.42 Å². The van der Waals surface area contributed by atoms with Crippen LogP contribution in [0, 0.1) is 0 Å². The van der Waals surface area contributed by atoms with E-state index < -0.39 is 18.1 Å². The Bertz CT molecular complexity index is 244. The third-order valence-corrected chi connectivity index (χ3v) is 2.29. The molecule has 6 nitrogen and oxygen atoms in total. The summed E-state index contributed by atoms with van der Waals surface area (Å²) in [6.45, 7) is 0.471. The summed E-state index contributed by atoms with van der Waals surface area (Å²) >= 11 is 0. The third-order valence-electron chi connectivity index (χ3n) is 2.29. The minimum Gasteiger partial charge on any atom is -0.381 e. The number of aliphatic hydroxyl groups excluding tert-OH is 1. The number of carbonyl (C=O) groups excluding carboxylic acids is 2. The summed E-state index contributed by atoms with van der Waals surface area (Å²) in [6, 6.07) is -0.510. The van der Waals surface area contributed by atoms with Gasteiger partial charge < -0.3 is 21.5 Å². The summed E-state index contributed by atoms with van der Waals surface area (Å²) in [7, 11) is 0. The molecule has 1 fully saturated rings. The molecule has 0 aromatic heterocycles. The van der Waals surface area contributed by atoms with Crippen molar-refractivity contribution in [2.75, 3.05) is 13.1 Å². The summed E-state index contributed by atoms with van der Waals surface area (Å²) in [6.07, 6.45) is 0.143. The van der Waals surface area contributed by atoms with E-state index in [1.165, 1.54) is 4.90 Å². The minimum atomic E-state index is -1.30. The Morgan fingerprint density at radius 1 is 1.71 bits per heavy atom. The van der Waals surface area contributed by atoms with Gasteiger partial charge >= 0.3 is 0 Å². The maximum Gasteiger partial charge on any atom is 0.248 e. The highest BCUT2D eigenvalue weighted by Gasteiger charge is 2.28. The number of nitrogens with two attached hydrogens (primary N) is 2. The Kier molecular flexibility index (Phi) is 3.43. The predicted molar refractivity (Wildman–Crippen MR) is 49.0 cm³/mol. The van der Waals surface area contributed by atoms with Gasteiger partial charge in [-0.05, 0) is 12.8 Å². The first-order chi connectivity index (χ1) is 6.52. The number of hydrogen-bond donors (Lipinski definition) is 3. The number of piperidine rings is 1. The van der Waals surface area contributed by atoms with Crippen LogP contribution in [-0.4, -0.2) is 47.1 Å². The Labute approximate surface area is 81.8 Å². The number of rotatable bonds is 3. The molecule has 0 aromatic carbocycles. The van der Waals surface area contributed by atoms with Crippen LogP contribution >= 0.6 is 0 Å². The molecule has 0 bridgehead atoms. The standard InChI is InChI=1S/C8H15N3O3/c9-5-2-1-3-11(8(5)14)4-6(12)7(10)13/h5-6,12H,1-4,9H2,(H2,10,13). The van der Waals surface area contributed by atoms with Crippen molar-refractivity contribution in [1.82, 2.24) is 4.90 Å². The predicted octanol–water partition coefficient (Wildman–Crippen LogP) is -2.22. The third kappa shape index (κ3) is 2.43. The first kappa shape index (κ1) is 10.9. The number of carbonyl (C=O) groups is 2. The van der Waals surface area contributed by atoms with Gasteiger partial charge in [-0.1, -0.05) is 0 Å². The number of likely N-dealkylation sites (tertiary alicyclic amines) is 1. The highest BCUT2D eigenvalue weighted by molar-refractivity contribution is 5.84. The molecule has 0 aromatic rings. The fourth-order valence-electron chi connectivity index (χ4n) is 1.45. The fraction of sp³-hybridized carbons (Fsp3) is 0.750. The summed E-state index contributed by atoms with van der Waals surface area (Å²) in [5.74, 6) is -1.05. The van der Waals surface area contributed by atoms with Crippen molar-refractivity contribution in [1.29, 1.82) is 0 Å². The smallest absolute Gasteiger partial charge is 0.248 e. The van der Waals surface area contributed by atoms with E-state index in [1.54, 1.807) is 0 Å². The Morgan fingerprint density at radius 3 is 2.93 bits per heavy atom. The van der Waals surface area contributed by atoms with Crippen molar-refractivity contribution in [2.24, 2.45) is 11.5 Å². The van der Waals surface area contributed by atoms with Crippen molar-refractivity contribution in [3.8, 4) is 0 Å². The number of nitrogens with zero attached hydrogens (tertiary/aromatic N) is 1. The number of β-amino-alcohol motifs (C(OH)–C–C–N with tert-alkyl or cyclic N) is 1. The van der Waals surface area contributed by atoms with Gasteiger partial charge in [0.15, 0.2) is 0 Å². The maximum absolute atomic E-state index is 11.4. The minimum absolute atomic E-state index is 0.0537. The first-order valence-electron chi connectivity index (χ1n) is 4.54. The lowest BCUT2D eigenvalue weighted by molar-refractivity contribution is -0.138. The van der Waals surface area contributed by atoms with E-state index in [2.05, 4.69) is 0 Å². The Balaban J connectivity index is 2.51. The second-order valence-electron chi connectivity index (χ2n) is 3.45. The summed E-state index contributed by atoms with van der Waals surface area (Å²) in [4.78, 5) is 23.4. The molecule has 5 N–H and O–H groups in total. The zero-order valence-electron chi connectivity index (χ0n) is 7.85. The zero-order valence-corrected chi connectivity index (χ0v) is 7.85. The highest BCUT2D eigenvalue weighted by Crippen LogP contribution is 2.10. The van der Waals surface area contributed by atoms with Crippen LogP contribution in [0.25, 0.3) is 0 Å². The van der Waals surface area contributed by atoms with E-state index in [0.29, 0.717) is 13.0 Å². The van der Waals surface area contributed by atoms with Gasteiger partial charge in [-0.15, -0.1) is 0 Å². The molecule has 80 valence electrons. The first-order valence-corrected chi connectivity index (χ1v) is 4.54. The van der Waals surface area contributed by atoms with E-state index in [1.807, 2.05) is 0 Å². The topological polar surface area (TPSA) is 110 Å². The maximum atomic E-state index is 11.4. The molecule has 0 radical (unpaired) electrons. The fourth-order valence-corrected chi connectivity index (χ4v) is 1.45. The lowest BCUT2D eigenvalue weighted by Gasteiger charge is -2.31. The molecule has 1 saturated heterocycles. The molecule has 2 unspecified atom stereocenters. The Hall–Kier alpha value is -1.14. The van der Waals surface area contributed by atoms with E-state index >= 15 is 0 Å². The van der Waals surface area contributed by atoms with Crippen molar-refractivity contribution < 1.29 is 14.7 Å². The molecule has 2 atom stereocenters. The van der Waals surface area contributed by atoms with E-state index in [9.17, 15) is 14.7 Å². The number of aliphatic hydroxyl groups is 1. The van der Waals surface area contributed by atoms with Gasteiger partial charge in [-0.2, -0.15) is 0 Å². The SMILES string of the molecule is NC(=O)C(O)CN1CCCC(N)C1=O. The molecule has 14 heavy (non-hydrogen) atoms. The summed E-state index contributed by atoms with van der Waals surface area (Å²) in [5, 5.41) is 9.17. The lowest BCUT2D eigenvalue weighted by Crippen LogP contribution is -2.52. The molecular formula is C8H15N3O3. The van der Waals surface area contributed by atoms with Crippen molar-refractivity contribution in [2.45, 2.75) is 25.0 Å². The van der Waals surface area contributed by atoms with Crippen LogP contribution in [0.4, 0.5) is 0 Å². The van der Waals surface area contributed by atoms with Gasteiger partial charge in [0.1, 0.15) is 6.10 Å². The number of hydrogen-bond acceptors (Lipinski definition) is 4. The number of primary amides is 1. The van der Waals surface area contributed by atoms with Gasteiger partial charge in [0.05, 0.1) is 12.6 Å². The molecule has 1 aliphatic rings. The molecule has 1 aliphatic heterocycles. The van der Waals surface area contributed by atoms with Gasteiger partial charge in [-0.25, -0.2) is 0 Å². The van der Waals surface area contributed by atoms with E-state index in [4.69, 9.17) is 11.5 Å². The van der Waals surface area contributed by atoms with Gasteiger partial charge in [0, 0.05) is 6.54 Å². The molecular weight excluding hydrogens is 186 g/mol. The quantitative estimate of drug-likeness (QED) is 0.480. The van der Waals surface area contributed by atoms with Gasteiger partial charge in [-0.3, -0.25) is 9.59 Å². The molecule has 0 saturated carbocycles. The van der Waals surface area contributed by atoms with Crippen LogP contribution in [0.2, 0.25) is 0 Å². The van der Waals surface area contributed by atoms with Crippen LogP contribution in [0.3, 0.4) is 0 Å². The number of amides is 2. The molecule has 6 heteroatoms. The monoisotopic (exact) mass is 201 g/mol. The van der Waals surface area contributed by atoms with Crippen molar-refractivity contribution in [3.05, 3.63) is 0 Å². The second kappa shape index (κ2) is 4.39. The molecule has 2 amide bonds. The van der Waals surface area contributed by atoms with Crippen molar-refractivity contribution in [3.63, 3.8) is 0 Å². The van der Waals surface area contributed by atoms with Gasteiger partial charge in [0.25, 0.3) is 0 Å². The second-order valence-corrected chi connectivity index (χ2v) is 3.45. The highest BCUT2D eigenvalue weighted by atomic mass is 16.3. The van der Waals surface area contributed by atoms with Gasteiger partial charge in [0.2, 0.25) is 11.8 Å². The normalized spacial score (nSPS) is 24.9. The molecule has 1 rings (SSSR count). The Morgan fingerprint density at radius 2 is 2.36 bits per heavy atom. The zero-order chi connectivity index (χ0) is 10.7. The average molecular weight is 201 g/mol. The summed E-state index contributed by atoms with van der Waals surface area (Å²) in [5.41, 5.74) is 10.4. The lowest BCUT2D eigenvalue weighted by atomic mass is 10.1. The molecule has 0 aliphatic carbocycles. The molecule has 1 heterocycles. The van der Waals surface area contributed by atoms with Crippen LogP contribution in [0.15, 0.2) is 0 Å². The van der Waals surface area contributed by atoms with Crippen LogP contribution in [0.1, 0.15) is 12.8 Å². The largest absolute Gasteiger partial charge is 0.381 e. The average Bonchev–Trinajstić information content (AvgIpc) is 2.12. The van der Waals surface area contributed by atoms with Crippen LogP contribution in [-0.2, 0) is 9.59 Å². The molecule has 0 spiro atoms. The summed E-state index contributed by atoms with van der Waals surface area (Å²) < 4.78 is 0.